The molecule has 1 nitrogen and oxygen atoms in total. The minimum absolute atomic E-state index is 0.124. The molecule has 104 valence electrons. The van der Waals surface area contributed by atoms with E-state index in [4.69, 9.17) is 4.43 Å². The topological polar surface area (TPSA) is 9.23 Å². The largest absolute Gasteiger partial charge is 0.410 e. The summed E-state index contributed by atoms with van der Waals surface area (Å²) in [5.74, 6) is 0. The molecule has 0 aliphatic rings. The summed E-state index contributed by atoms with van der Waals surface area (Å²) >= 11 is 0. The molecule has 0 aliphatic carbocycles. The van der Waals surface area contributed by atoms with Gasteiger partial charge >= 0.3 is 0 Å². The van der Waals surface area contributed by atoms with Gasteiger partial charge in [0.2, 0.25) is 0 Å². The SMILES string of the molecule is C=CCC(O[Si](C)(C)CC=C)c1ccc(C)c(C)c1. The fourth-order valence-electron chi connectivity index (χ4n) is 2.15. The minimum atomic E-state index is -1.68. The van der Waals surface area contributed by atoms with Crippen molar-refractivity contribution in [1.29, 1.82) is 0 Å². The zero-order valence-electron chi connectivity index (χ0n) is 12.7. The second-order valence-electron chi connectivity index (χ2n) is 5.73. The van der Waals surface area contributed by atoms with Gasteiger partial charge in [0, 0.05) is 0 Å². The predicted molar refractivity (Wildman–Crippen MR) is 87.0 cm³/mol. The van der Waals surface area contributed by atoms with Crippen molar-refractivity contribution in [3.8, 4) is 0 Å². The number of hydrogen-bond donors (Lipinski definition) is 0. The molecular weight excluding hydrogens is 248 g/mol. The van der Waals surface area contributed by atoms with E-state index in [0.717, 1.165) is 12.5 Å². The average molecular weight is 274 g/mol. The van der Waals surface area contributed by atoms with Crippen molar-refractivity contribution in [3.05, 3.63) is 60.2 Å². The molecule has 1 rings (SSSR count). The highest BCUT2D eigenvalue weighted by atomic mass is 28.4. The second kappa shape index (κ2) is 6.87. The first-order valence-corrected chi connectivity index (χ1v) is 9.98. The van der Waals surface area contributed by atoms with Crippen molar-refractivity contribution in [1.82, 2.24) is 0 Å². The van der Waals surface area contributed by atoms with Crippen LogP contribution in [0.2, 0.25) is 19.1 Å². The van der Waals surface area contributed by atoms with Gasteiger partial charge in [0.15, 0.2) is 8.32 Å². The molecule has 0 heterocycles. The Kier molecular flexibility index (Phi) is 5.76. The Bertz CT molecular complexity index is 449. The number of benzene rings is 1. The van der Waals surface area contributed by atoms with Gasteiger partial charge in [-0.3, -0.25) is 0 Å². The highest BCUT2D eigenvalue weighted by molar-refractivity contribution is 6.71. The lowest BCUT2D eigenvalue weighted by molar-refractivity contribution is 0.199. The fraction of sp³-hybridized carbons (Fsp3) is 0.412. The van der Waals surface area contributed by atoms with Gasteiger partial charge in [-0.25, -0.2) is 0 Å². The van der Waals surface area contributed by atoms with Crippen LogP contribution in [0.4, 0.5) is 0 Å². The van der Waals surface area contributed by atoms with Crippen molar-refractivity contribution in [2.75, 3.05) is 0 Å². The lowest BCUT2D eigenvalue weighted by Crippen LogP contribution is -2.31. The van der Waals surface area contributed by atoms with Crippen LogP contribution in [0.1, 0.15) is 29.2 Å². The summed E-state index contributed by atoms with van der Waals surface area (Å²) in [6, 6.07) is 7.56. The van der Waals surface area contributed by atoms with Crippen LogP contribution >= 0.6 is 0 Å². The van der Waals surface area contributed by atoms with Crippen LogP contribution in [-0.4, -0.2) is 8.32 Å². The molecule has 1 aromatic rings. The van der Waals surface area contributed by atoms with Gasteiger partial charge in [-0.05, 0) is 56.1 Å². The van der Waals surface area contributed by atoms with E-state index in [1.807, 2.05) is 12.2 Å². The van der Waals surface area contributed by atoms with Crippen LogP contribution in [0, 0.1) is 13.8 Å². The van der Waals surface area contributed by atoms with E-state index in [2.05, 4.69) is 58.3 Å². The first-order chi connectivity index (χ1) is 8.89. The predicted octanol–water partition coefficient (Wildman–Crippen LogP) is 5.33. The molecular formula is C17H26OSi. The van der Waals surface area contributed by atoms with Crippen LogP contribution in [-0.2, 0) is 4.43 Å². The fourth-order valence-corrected chi connectivity index (χ4v) is 3.94. The molecule has 0 aromatic heterocycles. The number of rotatable bonds is 7. The molecule has 0 bridgehead atoms. The number of aryl methyl sites for hydroxylation is 2. The second-order valence-corrected chi connectivity index (χ2v) is 9.89. The minimum Gasteiger partial charge on any atom is -0.410 e. The monoisotopic (exact) mass is 274 g/mol. The van der Waals surface area contributed by atoms with Crippen molar-refractivity contribution in [2.45, 2.75) is 45.5 Å². The molecule has 0 saturated carbocycles. The molecule has 0 spiro atoms. The molecule has 19 heavy (non-hydrogen) atoms. The average Bonchev–Trinajstić information content (AvgIpc) is 2.32. The van der Waals surface area contributed by atoms with Crippen LogP contribution in [0.3, 0.4) is 0 Å². The number of hydrogen-bond acceptors (Lipinski definition) is 1. The van der Waals surface area contributed by atoms with Crippen LogP contribution < -0.4 is 0 Å². The van der Waals surface area contributed by atoms with E-state index in [0.29, 0.717) is 0 Å². The van der Waals surface area contributed by atoms with Gasteiger partial charge in [-0.2, -0.15) is 0 Å². The lowest BCUT2D eigenvalue weighted by atomic mass is 10.0. The Labute approximate surface area is 119 Å². The van der Waals surface area contributed by atoms with Gasteiger partial charge in [0.25, 0.3) is 0 Å². The summed E-state index contributed by atoms with van der Waals surface area (Å²) in [5.41, 5.74) is 3.90. The molecule has 0 saturated heterocycles. The third-order valence-electron chi connectivity index (χ3n) is 3.38. The molecule has 0 radical (unpaired) electrons. The zero-order chi connectivity index (χ0) is 14.5. The molecule has 1 atom stereocenters. The summed E-state index contributed by atoms with van der Waals surface area (Å²) in [6.07, 6.45) is 4.89. The van der Waals surface area contributed by atoms with E-state index in [1.165, 1.54) is 16.7 Å². The van der Waals surface area contributed by atoms with Gasteiger partial charge < -0.3 is 4.43 Å². The van der Waals surface area contributed by atoms with E-state index in [-0.39, 0.29) is 6.10 Å². The van der Waals surface area contributed by atoms with Crippen LogP contribution in [0.25, 0.3) is 0 Å². The third kappa shape index (κ3) is 4.81. The molecule has 0 N–H and O–H groups in total. The van der Waals surface area contributed by atoms with E-state index in [9.17, 15) is 0 Å². The highest BCUT2D eigenvalue weighted by Gasteiger charge is 2.25. The molecule has 0 fully saturated rings. The van der Waals surface area contributed by atoms with Gasteiger partial charge in [-0.15, -0.1) is 13.2 Å². The summed E-state index contributed by atoms with van der Waals surface area (Å²) < 4.78 is 6.40. The van der Waals surface area contributed by atoms with Crippen molar-refractivity contribution >= 4 is 8.32 Å². The smallest absolute Gasteiger partial charge is 0.191 e. The Morgan fingerprint density at radius 3 is 2.37 bits per heavy atom. The Hall–Kier alpha value is -1.12. The van der Waals surface area contributed by atoms with Crippen molar-refractivity contribution in [3.63, 3.8) is 0 Å². The molecule has 0 aliphatic heterocycles. The molecule has 1 unspecified atom stereocenters. The Morgan fingerprint density at radius 1 is 1.16 bits per heavy atom. The third-order valence-corrected chi connectivity index (χ3v) is 5.58. The van der Waals surface area contributed by atoms with Gasteiger partial charge in [-0.1, -0.05) is 30.4 Å². The van der Waals surface area contributed by atoms with Crippen LogP contribution in [0.15, 0.2) is 43.5 Å². The van der Waals surface area contributed by atoms with Crippen molar-refractivity contribution < 1.29 is 4.43 Å². The van der Waals surface area contributed by atoms with Crippen LogP contribution in [0.5, 0.6) is 0 Å². The number of allylic oxidation sites excluding steroid dienone is 1. The zero-order valence-corrected chi connectivity index (χ0v) is 13.7. The van der Waals surface area contributed by atoms with Crippen molar-refractivity contribution in [2.24, 2.45) is 0 Å². The van der Waals surface area contributed by atoms with E-state index < -0.39 is 8.32 Å². The van der Waals surface area contributed by atoms with E-state index >= 15 is 0 Å². The highest BCUT2D eigenvalue weighted by Crippen LogP contribution is 2.29. The van der Waals surface area contributed by atoms with E-state index in [1.54, 1.807) is 0 Å². The lowest BCUT2D eigenvalue weighted by Gasteiger charge is -2.28. The molecule has 1 aromatic carbocycles. The Balaban J connectivity index is 2.96. The maximum Gasteiger partial charge on any atom is 0.191 e. The summed E-state index contributed by atoms with van der Waals surface area (Å²) in [4.78, 5) is 0. The summed E-state index contributed by atoms with van der Waals surface area (Å²) in [6.45, 7) is 16.5. The quantitative estimate of drug-likeness (QED) is 0.482. The summed E-state index contributed by atoms with van der Waals surface area (Å²) in [7, 11) is -1.68. The Morgan fingerprint density at radius 2 is 1.84 bits per heavy atom. The normalized spacial score (nSPS) is 13.1. The first kappa shape index (κ1) is 15.9. The van der Waals surface area contributed by atoms with Gasteiger partial charge in [0.05, 0.1) is 6.10 Å². The van der Waals surface area contributed by atoms with Gasteiger partial charge in [0.1, 0.15) is 0 Å². The first-order valence-electron chi connectivity index (χ1n) is 6.86. The standard InChI is InChI=1S/C17H26OSi/c1-7-9-17(18-19(5,6)12-8-2)16-11-10-14(3)15(4)13-16/h7-8,10-11,13,17H,1-2,9,12H2,3-6H3. The maximum atomic E-state index is 6.40. The molecule has 0 amide bonds. The maximum absolute atomic E-state index is 6.40. The summed E-state index contributed by atoms with van der Waals surface area (Å²) in [5, 5.41) is 0. The molecule has 2 heteroatoms.